The molecule has 1 saturated heterocycles. The monoisotopic (exact) mass is 531 g/mol. The maximum Gasteiger partial charge on any atom is 0.329 e. The first-order valence-electron chi connectivity index (χ1n) is 11.3. The first kappa shape index (κ1) is 27.6. The molecule has 36 heavy (non-hydrogen) atoms. The summed E-state index contributed by atoms with van der Waals surface area (Å²) in [7, 11) is 2.56. The predicted octanol–water partition coefficient (Wildman–Crippen LogP) is 3.75. The van der Waals surface area contributed by atoms with Crippen LogP contribution < -0.4 is 5.32 Å². The number of carbonyl (C=O) groups excluding carboxylic acids is 4. The largest absolute Gasteiger partial charge is 0.468 e. The van der Waals surface area contributed by atoms with Crippen LogP contribution in [-0.2, 0) is 35.2 Å². The number of hydrogen-bond acceptors (Lipinski definition) is 9. The van der Waals surface area contributed by atoms with Crippen LogP contribution in [0.2, 0.25) is 0 Å². The number of benzene rings is 2. The van der Waals surface area contributed by atoms with Crippen molar-refractivity contribution in [1.82, 2.24) is 5.32 Å². The van der Waals surface area contributed by atoms with Gasteiger partial charge in [-0.15, -0.1) is 23.5 Å². The summed E-state index contributed by atoms with van der Waals surface area (Å²) in [5.41, 5.74) is 2.08. The van der Waals surface area contributed by atoms with Crippen molar-refractivity contribution < 1.29 is 33.4 Å². The molecule has 1 aliphatic rings. The van der Waals surface area contributed by atoms with Gasteiger partial charge >= 0.3 is 17.9 Å². The van der Waals surface area contributed by atoms with Gasteiger partial charge in [0.25, 0.3) is 5.91 Å². The number of rotatable bonds is 9. The summed E-state index contributed by atoms with van der Waals surface area (Å²) < 4.78 is 14.9. The zero-order chi connectivity index (χ0) is 26.2. The maximum atomic E-state index is 12.9. The minimum atomic E-state index is -0.802. The van der Waals surface area contributed by atoms with Gasteiger partial charge < -0.3 is 19.5 Å². The molecule has 0 bridgehead atoms. The van der Waals surface area contributed by atoms with Crippen LogP contribution in [0, 0.1) is 5.92 Å². The van der Waals surface area contributed by atoms with Crippen molar-refractivity contribution in [3.63, 3.8) is 0 Å². The number of hydrogen-bond donors (Lipinski definition) is 1. The molecule has 1 heterocycles. The molecule has 0 radical (unpaired) electrons. The van der Waals surface area contributed by atoms with Gasteiger partial charge in [-0.25, -0.2) is 4.79 Å². The SMILES string of the molecule is COC(=O)C1SC(c2ccc(C(=O)NC(C(=O)OCc3ccccc3)C(C)C)cc2)SC1C(=O)OC. The number of amides is 1. The summed E-state index contributed by atoms with van der Waals surface area (Å²) in [4.78, 5) is 49.8. The van der Waals surface area contributed by atoms with Crippen LogP contribution in [0.5, 0.6) is 0 Å². The zero-order valence-electron chi connectivity index (χ0n) is 20.5. The van der Waals surface area contributed by atoms with E-state index in [1.165, 1.54) is 37.7 Å². The zero-order valence-corrected chi connectivity index (χ0v) is 22.1. The van der Waals surface area contributed by atoms with Crippen molar-refractivity contribution in [1.29, 1.82) is 0 Å². The Bertz CT molecular complexity index is 1050. The van der Waals surface area contributed by atoms with Crippen molar-refractivity contribution in [3.05, 3.63) is 71.3 Å². The molecule has 10 heteroatoms. The second kappa shape index (κ2) is 12.8. The van der Waals surface area contributed by atoms with E-state index >= 15 is 0 Å². The van der Waals surface area contributed by atoms with E-state index < -0.39 is 40.4 Å². The molecule has 1 fully saturated rings. The molecule has 0 spiro atoms. The lowest BCUT2D eigenvalue weighted by Crippen LogP contribution is -2.45. The minimum Gasteiger partial charge on any atom is -0.468 e. The molecule has 1 aliphatic heterocycles. The number of ether oxygens (including phenoxy) is 3. The molecule has 2 aromatic rings. The molecule has 8 nitrogen and oxygen atoms in total. The van der Waals surface area contributed by atoms with E-state index in [1.54, 1.807) is 24.3 Å². The molecule has 3 rings (SSSR count). The van der Waals surface area contributed by atoms with E-state index in [0.717, 1.165) is 11.1 Å². The van der Waals surface area contributed by atoms with Crippen LogP contribution in [0.3, 0.4) is 0 Å². The number of methoxy groups -OCH3 is 2. The lowest BCUT2D eigenvalue weighted by atomic mass is 10.0. The molecule has 0 aliphatic carbocycles. The van der Waals surface area contributed by atoms with Gasteiger partial charge in [-0.2, -0.15) is 0 Å². The third-order valence-corrected chi connectivity index (χ3v) is 8.95. The molecule has 1 amide bonds. The Morgan fingerprint density at radius 2 is 1.42 bits per heavy atom. The molecule has 3 unspecified atom stereocenters. The summed E-state index contributed by atoms with van der Waals surface area (Å²) >= 11 is 2.62. The van der Waals surface area contributed by atoms with Crippen molar-refractivity contribution in [3.8, 4) is 0 Å². The van der Waals surface area contributed by atoms with Gasteiger partial charge in [-0.1, -0.05) is 56.3 Å². The van der Waals surface area contributed by atoms with Crippen LogP contribution in [0.25, 0.3) is 0 Å². The van der Waals surface area contributed by atoms with Gasteiger partial charge in [0, 0.05) is 5.56 Å². The first-order chi connectivity index (χ1) is 17.2. The molecule has 192 valence electrons. The summed E-state index contributed by atoms with van der Waals surface area (Å²) in [6, 6.07) is 15.4. The highest BCUT2D eigenvalue weighted by atomic mass is 32.2. The predicted molar refractivity (Wildman–Crippen MR) is 138 cm³/mol. The Labute approximate surface area is 218 Å². The Kier molecular flexibility index (Phi) is 9.83. The first-order valence-corrected chi connectivity index (χ1v) is 13.2. The molecule has 0 aromatic heterocycles. The van der Waals surface area contributed by atoms with Crippen molar-refractivity contribution >= 4 is 47.3 Å². The Balaban J connectivity index is 1.64. The van der Waals surface area contributed by atoms with Crippen molar-refractivity contribution in [2.24, 2.45) is 5.92 Å². The molecular weight excluding hydrogens is 502 g/mol. The summed E-state index contributed by atoms with van der Waals surface area (Å²) in [6.45, 7) is 3.80. The lowest BCUT2D eigenvalue weighted by Gasteiger charge is -2.21. The Hall–Kier alpha value is -2.98. The van der Waals surface area contributed by atoms with E-state index in [9.17, 15) is 19.2 Å². The average molecular weight is 532 g/mol. The highest BCUT2D eigenvalue weighted by Crippen LogP contribution is 2.54. The van der Waals surface area contributed by atoms with E-state index in [1.807, 2.05) is 44.2 Å². The van der Waals surface area contributed by atoms with Gasteiger partial charge in [-0.05, 0) is 29.2 Å². The molecule has 3 atom stereocenters. The van der Waals surface area contributed by atoms with Crippen LogP contribution >= 0.6 is 23.5 Å². The number of thioether (sulfide) groups is 2. The minimum absolute atomic E-state index is 0.128. The van der Waals surface area contributed by atoms with Gasteiger partial charge in [0.1, 0.15) is 23.1 Å². The van der Waals surface area contributed by atoms with E-state index in [4.69, 9.17) is 14.2 Å². The quantitative estimate of drug-likeness (QED) is 0.382. The number of carbonyl (C=O) groups is 4. The fraction of sp³-hybridized carbons (Fsp3) is 0.385. The summed E-state index contributed by atoms with van der Waals surface area (Å²) in [6.07, 6.45) is 0. The smallest absolute Gasteiger partial charge is 0.329 e. The van der Waals surface area contributed by atoms with Crippen LogP contribution in [0.1, 0.15) is 39.9 Å². The molecule has 1 N–H and O–H groups in total. The second-order valence-electron chi connectivity index (χ2n) is 8.40. The number of esters is 3. The van der Waals surface area contributed by atoms with E-state index in [-0.39, 0.29) is 17.1 Å². The molecule has 2 aromatic carbocycles. The Morgan fingerprint density at radius 3 is 1.92 bits per heavy atom. The highest BCUT2D eigenvalue weighted by Gasteiger charge is 2.46. The fourth-order valence-corrected chi connectivity index (χ4v) is 6.96. The summed E-state index contributed by atoms with van der Waals surface area (Å²) in [5, 5.41) is 1.40. The van der Waals surface area contributed by atoms with Crippen molar-refractivity contribution in [2.45, 2.75) is 41.6 Å². The summed E-state index contributed by atoms with van der Waals surface area (Å²) in [5.74, 6) is -2.04. The van der Waals surface area contributed by atoms with Crippen molar-refractivity contribution in [2.75, 3.05) is 14.2 Å². The molecular formula is C26H29NO7S2. The van der Waals surface area contributed by atoms with Crippen LogP contribution in [0.4, 0.5) is 0 Å². The van der Waals surface area contributed by atoms with E-state index in [2.05, 4.69) is 5.32 Å². The third-order valence-electron chi connectivity index (χ3n) is 5.56. The van der Waals surface area contributed by atoms with Crippen LogP contribution in [0.15, 0.2) is 54.6 Å². The highest BCUT2D eigenvalue weighted by molar-refractivity contribution is 8.21. The second-order valence-corrected chi connectivity index (χ2v) is 11.2. The lowest BCUT2D eigenvalue weighted by molar-refractivity contribution is -0.148. The Morgan fingerprint density at radius 1 is 0.861 bits per heavy atom. The van der Waals surface area contributed by atoms with Crippen LogP contribution in [-0.4, -0.2) is 54.6 Å². The van der Waals surface area contributed by atoms with Gasteiger partial charge in [0.05, 0.1) is 18.8 Å². The van der Waals surface area contributed by atoms with Gasteiger partial charge in [0.15, 0.2) is 0 Å². The van der Waals surface area contributed by atoms with Gasteiger partial charge in [0.2, 0.25) is 0 Å². The normalized spacial score (nSPS) is 19.9. The number of nitrogens with one attached hydrogen (secondary N) is 1. The molecule has 0 saturated carbocycles. The van der Waals surface area contributed by atoms with E-state index in [0.29, 0.717) is 5.56 Å². The standard InChI is InChI=1S/C26H29NO7S2/c1-15(2)19(23(29)34-14-16-8-6-5-7-9-16)27-22(28)17-10-12-18(13-11-17)26-35-20(24(30)32-3)21(36-26)25(31)33-4/h5-13,15,19-21,26H,14H2,1-4H3,(H,27,28). The maximum absolute atomic E-state index is 12.9. The van der Waals surface area contributed by atoms with Gasteiger partial charge in [-0.3, -0.25) is 14.4 Å². The third kappa shape index (κ3) is 6.82. The fourth-order valence-electron chi connectivity index (χ4n) is 3.52. The average Bonchev–Trinajstić information content (AvgIpc) is 3.35. The topological polar surface area (TPSA) is 108 Å².